The maximum Gasteiger partial charge on any atom is 0.163 e. The summed E-state index contributed by atoms with van der Waals surface area (Å²) in [5.41, 5.74) is 1.86. The van der Waals surface area contributed by atoms with Gasteiger partial charge in [-0.1, -0.05) is 23.4 Å². The third kappa shape index (κ3) is 3.50. The minimum atomic E-state index is 0.735. The van der Waals surface area contributed by atoms with Crippen molar-refractivity contribution in [3.05, 3.63) is 47.4 Å². The van der Waals surface area contributed by atoms with Crippen LogP contribution in [-0.4, -0.2) is 57.4 Å². The number of aryl methyl sites for hydroxylation is 1. The van der Waals surface area contributed by atoms with E-state index in [2.05, 4.69) is 36.7 Å². The Kier molecular flexibility index (Phi) is 4.74. The SMILES string of the molecule is Cn1ncc2c(N3CCN(CC#Cc4ccc(Cl)cc4)CC3)ncnc21. The summed E-state index contributed by atoms with van der Waals surface area (Å²) in [5, 5.41) is 6.03. The van der Waals surface area contributed by atoms with Gasteiger partial charge in [0.1, 0.15) is 12.1 Å². The van der Waals surface area contributed by atoms with Crippen LogP contribution in [0.1, 0.15) is 5.56 Å². The average Bonchev–Trinajstić information content (AvgIpc) is 3.05. The second-order valence-electron chi connectivity index (χ2n) is 6.27. The standard InChI is InChI=1S/C19H19ClN6/c1-24-18-17(13-23-24)19(22-14-21-18)26-11-9-25(10-12-26)8-2-3-15-4-6-16(20)7-5-15/h4-7,13-14H,8-12H2,1H3. The van der Waals surface area contributed by atoms with Gasteiger partial charge in [0.2, 0.25) is 0 Å². The molecule has 0 unspecified atom stereocenters. The molecule has 0 amide bonds. The fourth-order valence-corrected chi connectivity index (χ4v) is 3.23. The third-order valence-corrected chi connectivity index (χ3v) is 4.81. The number of benzene rings is 1. The summed E-state index contributed by atoms with van der Waals surface area (Å²) >= 11 is 5.89. The van der Waals surface area contributed by atoms with Crippen molar-refractivity contribution < 1.29 is 0 Å². The van der Waals surface area contributed by atoms with E-state index in [0.29, 0.717) is 0 Å². The summed E-state index contributed by atoms with van der Waals surface area (Å²) in [6, 6.07) is 7.62. The maximum atomic E-state index is 5.89. The van der Waals surface area contributed by atoms with Gasteiger partial charge in [0.25, 0.3) is 0 Å². The molecule has 1 aliphatic rings. The molecular formula is C19H19ClN6. The summed E-state index contributed by atoms with van der Waals surface area (Å²) in [6.07, 6.45) is 3.46. The van der Waals surface area contributed by atoms with E-state index in [1.807, 2.05) is 37.5 Å². The topological polar surface area (TPSA) is 50.1 Å². The smallest absolute Gasteiger partial charge is 0.163 e. The highest BCUT2D eigenvalue weighted by Gasteiger charge is 2.20. The van der Waals surface area contributed by atoms with E-state index in [4.69, 9.17) is 11.6 Å². The van der Waals surface area contributed by atoms with Gasteiger partial charge in [-0.25, -0.2) is 9.97 Å². The highest BCUT2D eigenvalue weighted by molar-refractivity contribution is 6.30. The van der Waals surface area contributed by atoms with Crippen LogP contribution in [0.4, 0.5) is 5.82 Å². The summed E-state index contributed by atoms with van der Waals surface area (Å²) in [5.74, 6) is 7.41. The average molecular weight is 367 g/mol. The molecule has 132 valence electrons. The van der Waals surface area contributed by atoms with E-state index in [-0.39, 0.29) is 0 Å². The Morgan fingerprint density at radius 1 is 1.08 bits per heavy atom. The van der Waals surface area contributed by atoms with Gasteiger partial charge in [0.15, 0.2) is 5.65 Å². The van der Waals surface area contributed by atoms with Crippen LogP contribution in [0.2, 0.25) is 5.02 Å². The molecule has 1 fully saturated rings. The minimum absolute atomic E-state index is 0.735. The molecule has 0 bridgehead atoms. The molecule has 3 heterocycles. The predicted octanol–water partition coefficient (Wildman–Crippen LogP) is 2.19. The molecule has 0 aliphatic carbocycles. The van der Waals surface area contributed by atoms with Gasteiger partial charge in [-0.05, 0) is 24.3 Å². The molecule has 26 heavy (non-hydrogen) atoms. The molecule has 0 spiro atoms. The Balaban J connectivity index is 1.37. The fourth-order valence-electron chi connectivity index (χ4n) is 3.11. The van der Waals surface area contributed by atoms with Crippen LogP contribution in [0.5, 0.6) is 0 Å². The number of rotatable bonds is 2. The largest absolute Gasteiger partial charge is 0.353 e. The highest BCUT2D eigenvalue weighted by Crippen LogP contribution is 2.23. The van der Waals surface area contributed by atoms with Gasteiger partial charge in [0, 0.05) is 43.8 Å². The normalized spacial score (nSPS) is 15.1. The first-order chi connectivity index (χ1) is 12.7. The van der Waals surface area contributed by atoms with Crippen molar-refractivity contribution in [1.82, 2.24) is 24.6 Å². The number of aromatic nitrogens is 4. The van der Waals surface area contributed by atoms with E-state index in [0.717, 1.165) is 60.2 Å². The van der Waals surface area contributed by atoms with Gasteiger partial charge in [-0.2, -0.15) is 5.10 Å². The second kappa shape index (κ2) is 7.32. The first kappa shape index (κ1) is 16.8. The Hall–Kier alpha value is -2.62. The van der Waals surface area contributed by atoms with Crippen LogP contribution in [0.15, 0.2) is 36.8 Å². The zero-order chi connectivity index (χ0) is 17.9. The van der Waals surface area contributed by atoms with E-state index in [1.54, 1.807) is 11.0 Å². The molecule has 6 nitrogen and oxygen atoms in total. The molecule has 3 aromatic rings. The number of nitrogens with zero attached hydrogens (tertiary/aromatic N) is 6. The van der Waals surface area contributed by atoms with Gasteiger partial charge in [-0.3, -0.25) is 9.58 Å². The van der Waals surface area contributed by atoms with Crippen molar-refractivity contribution >= 4 is 28.5 Å². The van der Waals surface area contributed by atoms with Crippen molar-refractivity contribution in [2.75, 3.05) is 37.6 Å². The Morgan fingerprint density at radius 3 is 2.62 bits per heavy atom. The maximum absolute atomic E-state index is 5.89. The molecule has 1 saturated heterocycles. The van der Waals surface area contributed by atoms with E-state index >= 15 is 0 Å². The fraction of sp³-hybridized carbons (Fsp3) is 0.316. The number of halogens is 1. The first-order valence-electron chi connectivity index (χ1n) is 8.55. The summed E-state index contributed by atoms with van der Waals surface area (Å²) in [7, 11) is 1.90. The van der Waals surface area contributed by atoms with Gasteiger partial charge < -0.3 is 4.90 Å². The monoisotopic (exact) mass is 366 g/mol. The van der Waals surface area contributed by atoms with Crippen molar-refractivity contribution in [3.63, 3.8) is 0 Å². The molecule has 4 rings (SSSR count). The molecule has 7 heteroatoms. The lowest BCUT2D eigenvalue weighted by molar-refractivity contribution is 0.287. The highest BCUT2D eigenvalue weighted by atomic mass is 35.5. The van der Waals surface area contributed by atoms with Crippen LogP contribution in [0.25, 0.3) is 11.0 Å². The first-order valence-corrected chi connectivity index (χ1v) is 8.93. The zero-order valence-electron chi connectivity index (χ0n) is 14.6. The van der Waals surface area contributed by atoms with Crippen LogP contribution in [0, 0.1) is 11.8 Å². The Labute approximate surface area is 157 Å². The molecule has 2 aromatic heterocycles. The van der Waals surface area contributed by atoms with Crippen LogP contribution in [-0.2, 0) is 7.05 Å². The molecule has 1 aromatic carbocycles. The molecule has 1 aliphatic heterocycles. The van der Waals surface area contributed by atoms with E-state index in [1.165, 1.54) is 0 Å². The van der Waals surface area contributed by atoms with Crippen LogP contribution in [0.3, 0.4) is 0 Å². The number of anilines is 1. The number of hydrogen-bond donors (Lipinski definition) is 0. The number of piperazine rings is 1. The Bertz CT molecular complexity index is 961. The molecule has 0 radical (unpaired) electrons. The molecule has 0 atom stereocenters. The molecule has 0 saturated carbocycles. The number of fused-ring (bicyclic) bond motifs is 1. The lowest BCUT2D eigenvalue weighted by atomic mass is 10.2. The van der Waals surface area contributed by atoms with Crippen molar-refractivity contribution in [1.29, 1.82) is 0 Å². The summed E-state index contributed by atoms with van der Waals surface area (Å²) in [4.78, 5) is 13.5. The second-order valence-corrected chi connectivity index (χ2v) is 6.71. The summed E-state index contributed by atoms with van der Waals surface area (Å²) in [6.45, 7) is 4.53. The van der Waals surface area contributed by atoms with E-state index < -0.39 is 0 Å². The van der Waals surface area contributed by atoms with Crippen LogP contribution < -0.4 is 4.90 Å². The van der Waals surface area contributed by atoms with Gasteiger partial charge in [0.05, 0.1) is 18.1 Å². The van der Waals surface area contributed by atoms with Crippen molar-refractivity contribution in [2.24, 2.45) is 7.05 Å². The molecular weight excluding hydrogens is 348 g/mol. The minimum Gasteiger partial charge on any atom is -0.353 e. The number of hydrogen-bond acceptors (Lipinski definition) is 5. The van der Waals surface area contributed by atoms with Gasteiger partial charge in [-0.15, -0.1) is 0 Å². The summed E-state index contributed by atoms with van der Waals surface area (Å²) < 4.78 is 1.78. The van der Waals surface area contributed by atoms with Crippen molar-refractivity contribution in [3.8, 4) is 11.8 Å². The zero-order valence-corrected chi connectivity index (χ0v) is 15.3. The predicted molar refractivity (Wildman–Crippen MR) is 103 cm³/mol. The Morgan fingerprint density at radius 2 is 1.85 bits per heavy atom. The van der Waals surface area contributed by atoms with Crippen molar-refractivity contribution in [2.45, 2.75) is 0 Å². The lowest BCUT2D eigenvalue weighted by Gasteiger charge is -2.34. The van der Waals surface area contributed by atoms with E-state index in [9.17, 15) is 0 Å². The third-order valence-electron chi connectivity index (χ3n) is 4.56. The van der Waals surface area contributed by atoms with Crippen LogP contribution >= 0.6 is 11.6 Å². The lowest BCUT2D eigenvalue weighted by Crippen LogP contribution is -2.46. The quantitative estimate of drug-likeness (QED) is 0.651. The molecule has 0 N–H and O–H groups in total. The van der Waals surface area contributed by atoms with Gasteiger partial charge >= 0.3 is 0 Å².